The molecule has 1 fully saturated rings. The lowest BCUT2D eigenvalue weighted by Crippen LogP contribution is -2.28. The van der Waals surface area contributed by atoms with Crippen LogP contribution in [0.4, 0.5) is 0 Å². The second-order valence-electron chi connectivity index (χ2n) is 5.52. The van der Waals surface area contributed by atoms with Crippen molar-refractivity contribution in [2.45, 2.75) is 32.1 Å². The molecule has 6 nitrogen and oxygen atoms in total. The third kappa shape index (κ3) is 2.33. The molecular weight excluding hydrogens is 256 g/mol. The lowest BCUT2D eigenvalue weighted by atomic mass is 10.1. The van der Waals surface area contributed by atoms with E-state index in [9.17, 15) is 4.79 Å². The van der Waals surface area contributed by atoms with Gasteiger partial charge >= 0.3 is 0 Å². The molecule has 3 rings (SSSR count). The summed E-state index contributed by atoms with van der Waals surface area (Å²) in [5.41, 5.74) is 1.90. The van der Waals surface area contributed by atoms with Gasteiger partial charge in [-0.3, -0.25) is 9.89 Å². The average Bonchev–Trinajstić information content (AvgIpc) is 3.17. The fourth-order valence-corrected chi connectivity index (χ4v) is 2.51. The normalized spacial score (nSPS) is 18.9. The Hall–Kier alpha value is -2.11. The molecule has 20 heavy (non-hydrogen) atoms. The van der Waals surface area contributed by atoms with Crippen LogP contribution in [0.25, 0.3) is 0 Å². The zero-order valence-electron chi connectivity index (χ0n) is 11.7. The number of H-pyrrole nitrogens is 1. The van der Waals surface area contributed by atoms with Gasteiger partial charge in [0, 0.05) is 37.0 Å². The first-order valence-electron chi connectivity index (χ1n) is 6.90. The van der Waals surface area contributed by atoms with E-state index in [2.05, 4.69) is 15.4 Å². The van der Waals surface area contributed by atoms with Crippen LogP contribution in [0.2, 0.25) is 0 Å². The Labute approximate surface area is 117 Å². The summed E-state index contributed by atoms with van der Waals surface area (Å²) >= 11 is 0. The highest BCUT2D eigenvalue weighted by atomic mass is 16.5. The van der Waals surface area contributed by atoms with Crippen molar-refractivity contribution in [2.75, 3.05) is 13.1 Å². The highest BCUT2D eigenvalue weighted by molar-refractivity contribution is 5.91. The summed E-state index contributed by atoms with van der Waals surface area (Å²) < 4.78 is 5.16. The number of aromatic amines is 1. The Kier molecular flexibility index (Phi) is 3.30. The molecule has 3 heterocycles. The molecule has 106 valence electrons. The summed E-state index contributed by atoms with van der Waals surface area (Å²) in [6, 6.07) is 3.71. The van der Waals surface area contributed by atoms with Crippen LogP contribution in [0, 0.1) is 0 Å². The van der Waals surface area contributed by atoms with Gasteiger partial charge in [-0.25, -0.2) is 0 Å². The molecule has 0 saturated carbocycles. The molecule has 0 bridgehead atoms. The van der Waals surface area contributed by atoms with Gasteiger partial charge in [0.2, 0.25) is 5.76 Å². The molecule has 1 atom stereocenters. The molecule has 1 saturated heterocycles. The molecule has 1 amide bonds. The van der Waals surface area contributed by atoms with E-state index in [-0.39, 0.29) is 11.8 Å². The van der Waals surface area contributed by atoms with E-state index in [4.69, 9.17) is 4.52 Å². The van der Waals surface area contributed by atoms with E-state index >= 15 is 0 Å². The van der Waals surface area contributed by atoms with Crippen molar-refractivity contribution in [3.63, 3.8) is 0 Å². The minimum Gasteiger partial charge on any atom is -0.351 e. The molecule has 6 heteroatoms. The summed E-state index contributed by atoms with van der Waals surface area (Å²) in [5, 5.41) is 10.9. The lowest BCUT2D eigenvalue weighted by Gasteiger charge is -2.13. The fourth-order valence-electron chi connectivity index (χ4n) is 2.51. The second-order valence-corrected chi connectivity index (χ2v) is 5.52. The van der Waals surface area contributed by atoms with Gasteiger partial charge in [-0.15, -0.1) is 0 Å². The van der Waals surface area contributed by atoms with Gasteiger partial charge in [0.25, 0.3) is 5.91 Å². The van der Waals surface area contributed by atoms with Crippen LogP contribution in [0.15, 0.2) is 22.9 Å². The molecular formula is C14H18N4O2. The largest absolute Gasteiger partial charge is 0.351 e. The molecule has 2 aromatic rings. The number of nitrogens with one attached hydrogen (secondary N) is 1. The van der Waals surface area contributed by atoms with Gasteiger partial charge in [0.15, 0.2) is 0 Å². The third-order valence-electron chi connectivity index (χ3n) is 3.77. The van der Waals surface area contributed by atoms with Crippen molar-refractivity contribution in [1.29, 1.82) is 0 Å². The quantitative estimate of drug-likeness (QED) is 0.930. The first-order valence-corrected chi connectivity index (χ1v) is 6.90. The topological polar surface area (TPSA) is 75.0 Å². The summed E-state index contributed by atoms with van der Waals surface area (Å²) in [7, 11) is 0. The third-order valence-corrected chi connectivity index (χ3v) is 3.77. The number of aromatic nitrogens is 3. The second kappa shape index (κ2) is 5.11. The number of rotatable bonds is 3. The number of amides is 1. The van der Waals surface area contributed by atoms with Gasteiger partial charge in [-0.05, 0) is 18.4 Å². The standard InChI is InChI=1S/C14H18N4O2/c1-9(2)12-7-13(20-17-12)14(19)18-6-4-10(8-18)11-3-5-15-16-11/h3,5,7,9-10H,4,6,8H2,1-2H3,(H,15,16). The van der Waals surface area contributed by atoms with Gasteiger partial charge in [-0.1, -0.05) is 19.0 Å². The minimum absolute atomic E-state index is 0.0774. The summed E-state index contributed by atoms with van der Waals surface area (Å²) in [4.78, 5) is 14.2. The van der Waals surface area contributed by atoms with Crippen molar-refractivity contribution >= 4 is 5.91 Å². The van der Waals surface area contributed by atoms with Crippen LogP contribution < -0.4 is 0 Å². The molecule has 0 spiro atoms. The monoisotopic (exact) mass is 274 g/mol. The van der Waals surface area contributed by atoms with Crippen molar-refractivity contribution < 1.29 is 9.32 Å². The SMILES string of the molecule is CC(C)c1cc(C(=O)N2CCC(c3ccn[nH]3)C2)on1. The molecule has 1 unspecified atom stereocenters. The maximum atomic E-state index is 12.4. The van der Waals surface area contributed by atoms with E-state index in [0.717, 1.165) is 24.4 Å². The maximum absolute atomic E-state index is 12.4. The number of carbonyl (C=O) groups is 1. The highest BCUT2D eigenvalue weighted by Gasteiger charge is 2.30. The zero-order valence-corrected chi connectivity index (χ0v) is 11.7. The van der Waals surface area contributed by atoms with Crippen molar-refractivity contribution in [1.82, 2.24) is 20.3 Å². The van der Waals surface area contributed by atoms with Gasteiger partial charge in [-0.2, -0.15) is 5.10 Å². The summed E-state index contributed by atoms with van der Waals surface area (Å²) in [5.74, 6) is 0.843. The highest BCUT2D eigenvalue weighted by Crippen LogP contribution is 2.27. The number of likely N-dealkylation sites (tertiary alicyclic amines) is 1. The van der Waals surface area contributed by atoms with Gasteiger partial charge in [0.05, 0.1) is 5.69 Å². The predicted octanol–water partition coefficient (Wildman–Crippen LogP) is 2.15. The van der Waals surface area contributed by atoms with E-state index in [1.807, 2.05) is 24.8 Å². The van der Waals surface area contributed by atoms with Crippen LogP contribution in [0.5, 0.6) is 0 Å². The first-order chi connectivity index (χ1) is 9.65. The molecule has 0 aliphatic carbocycles. The van der Waals surface area contributed by atoms with Crippen LogP contribution in [0.3, 0.4) is 0 Å². The molecule has 1 aliphatic heterocycles. The molecule has 1 aliphatic rings. The van der Waals surface area contributed by atoms with E-state index in [1.54, 1.807) is 12.3 Å². The lowest BCUT2D eigenvalue weighted by molar-refractivity contribution is 0.0749. The Morgan fingerprint density at radius 3 is 3.05 bits per heavy atom. The maximum Gasteiger partial charge on any atom is 0.292 e. The number of hydrogen-bond donors (Lipinski definition) is 1. The summed E-state index contributed by atoms with van der Waals surface area (Å²) in [6.45, 7) is 5.48. The molecule has 0 aromatic carbocycles. The van der Waals surface area contributed by atoms with Crippen molar-refractivity contribution in [3.8, 4) is 0 Å². The first kappa shape index (κ1) is 12.9. The fraction of sp³-hybridized carbons (Fsp3) is 0.500. The van der Waals surface area contributed by atoms with Crippen LogP contribution >= 0.6 is 0 Å². The Morgan fingerprint density at radius 1 is 1.55 bits per heavy atom. The zero-order chi connectivity index (χ0) is 14.1. The number of carbonyl (C=O) groups excluding carboxylic acids is 1. The number of nitrogens with zero attached hydrogens (tertiary/aromatic N) is 3. The van der Waals surface area contributed by atoms with E-state index < -0.39 is 0 Å². The smallest absolute Gasteiger partial charge is 0.292 e. The van der Waals surface area contributed by atoms with Gasteiger partial charge in [0.1, 0.15) is 0 Å². The average molecular weight is 274 g/mol. The van der Waals surface area contributed by atoms with Crippen LogP contribution in [0.1, 0.15) is 54.0 Å². The van der Waals surface area contributed by atoms with Crippen molar-refractivity contribution in [3.05, 3.63) is 35.5 Å². The van der Waals surface area contributed by atoms with Crippen LogP contribution in [-0.2, 0) is 0 Å². The van der Waals surface area contributed by atoms with Crippen molar-refractivity contribution in [2.24, 2.45) is 0 Å². The Balaban J connectivity index is 1.69. The Morgan fingerprint density at radius 2 is 2.40 bits per heavy atom. The number of hydrogen-bond acceptors (Lipinski definition) is 4. The molecule has 1 N–H and O–H groups in total. The predicted molar refractivity (Wildman–Crippen MR) is 72.4 cm³/mol. The van der Waals surface area contributed by atoms with E-state index in [0.29, 0.717) is 18.2 Å². The molecule has 0 radical (unpaired) electrons. The van der Waals surface area contributed by atoms with E-state index in [1.165, 1.54) is 0 Å². The Bertz CT molecular complexity index is 588. The molecule has 2 aromatic heterocycles. The summed E-state index contributed by atoms with van der Waals surface area (Å²) in [6.07, 6.45) is 2.68. The van der Waals surface area contributed by atoms with Crippen LogP contribution in [-0.4, -0.2) is 39.3 Å². The minimum atomic E-state index is -0.0774. The van der Waals surface area contributed by atoms with Gasteiger partial charge < -0.3 is 9.42 Å².